The number of hydrogen-bond donors (Lipinski definition) is 0. The topological polar surface area (TPSA) is 29.5 Å². The third kappa shape index (κ3) is 5.17. The molecule has 1 aromatic rings. The minimum atomic E-state index is -2.84. The Bertz CT molecular complexity index is 420. The van der Waals surface area contributed by atoms with E-state index in [4.69, 9.17) is 0 Å². The van der Waals surface area contributed by atoms with Gasteiger partial charge in [0.2, 0.25) is 0 Å². The Balaban J connectivity index is 0.00000200. The van der Waals surface area contributed by atoms with Crippen LogP contribution in [-0.2, 0) is 0 Å². The highest BCUT2D eigenvalue weighted by atomic mass is 79.9. The Kier molecular flexibility index (Phi) is 7.09. The molecule has 1 heterocycles. The molecule has 0 saturated carbocycles. The molecular weight excluding hydrogens is 332 g/mol. The molecule has 112 valence electrons. The summed E-state index contributed by atoms with van der Waals surface area (Å²) in [4.78, 5) is 14.2. The summed E-state index contributed by atoms with van der Waals surface area (Å²) >= 11 is 0. The summed E-state index contributed by atoms with van der Waals surface area (Å²) < 4.78 is 28.2. The average Bonchev–Trinajstić information content (AvgIpc) is 2.40. The van der Waals surface area contributed by atoms with Crippen LogP contribution < -0.4 is 4.74 Å². The third-order valence-electron chi connectivity index (χ3n) is 3.22. The van der Waals surface area contributed by atoms with Gasteiger partial charge in [0, 0.05) is 5.56 Å². The zero-order valence-corrected chi connectivity index (χ0v) is 12.8. The second kappa shape index (κ2) is 8.32. The summed E-state index contributed by atoms with van der Waals surface area (Å²) in [5.41, 5.74) is 0.534. The molecule has 0 radical (unpaired) electrons. The van der Waals surface area contributed by atoms with Crippen molar-refractivity contribution in [3.05, 3.63) is 29.8 Å². The molecule has 2 rings (SSSR count). The van der Waals surface area contributed by atoms with Gasteiger partial charge in [-0.05, 0) is 50.2 Å². The second-order valence-electron chi connectivity index (χ2n) is 4.66. The number of rotatable bonds is 5. The maximum Gasteiger partial charge on any atom is 0.387 e. The standard InChI is InChI=1S/C14H17F2NO2.BrH/c15-14(16)19-12-6-4-11(5-7-12)13(18)10-17-8-2-1-3-9-17;/h4-7,14H,1-3,8-10H2;1H. The van der Waals surface area contributed by atoms with Crippen LogP contribution in [0, 0.1) is 0 Å². The number of carbonyl (C=O) groups is 1. The van der Waals surface area contributed by atoms with Crippen LogP contribution in [0.15, 0.2) is 24.3 Å². The number of Topliss-reactive ketones (excluding diaryl/α,β-unsaturated/α-hetero) is 1. The predicted molar refractivity (Wildman–Crippen MR) is 78.0 cm³/mol. The summed E-state index contributed by atoms with van der Waals surface area (Å²) in [5.74, 6) is 0.0926. The smallest absolute Gasteiger partial charge is 0.387 e. The number of carbonyl (C=O) groups excluding carboxylic acids is 1. The number of likely N-dealkylation sites (tertiary alicyclic amines) is 1. The van der Waals surface area contributed by atoms with Crippen LogP contribution in [0.25, 0.3) is 0 Å². The summed E-state index contributed by atoms with van der Waals surface area (Å²) in [7, 11) is 0. The van der Waals surface area contributed by atoms with Gasteiger partial charge in [-0.1, -0.05) is 6.42 Å². The summed E-state index contributed by atoms with van der Waals surface area (Å²) in [5, 5.41) is 0. The minimum Gasteiger partial charge on any atom is -0.435 e. The lowest BCUT2D eigenvalue weighted by molar-refractivity contribution is -0.0498. The Morgan fingerprint density at radius 2 is 1.75 bits per heavy atom. The van der Waals surface area contributed by atoms with Gasteiger partial charge in [0.05, 0.1) is 6.54 Å². The summed E-state index contributed by atoms with van der Waals surface area (Å²) in [6.45, 7) is -0.527. The molecule has 1 fully saturated rings. The van der Waals surface area contributed by atoms with E-state index in [-0.39, 0.29) is 28.5 Å². The molecule has 20 heavy (non-hydrogen) atoms. The monoisotopic (exact) mass is 349 g/mol. The van der Waals surface area contributed by atoms with Crippen LogP contribution in [-0.4, -0.2) is 36.9 Å². The van der Waals surface area contributed by atoms with Crippen molar-refractivity contribution < 1.29 is 18.3 Å². The van der Waals surface area contributed by atoms with E-state index in [1.165, 1.54) is 30.7 Å². The van der Waals surface area contributed by atoms with E-state index >= 15 is 0 Å². The Labute approximate surface area is 127 Å². The number of nitrogens with zero attached hydrogens (tertiary/aromatic N) is 1. The van der Waals surface area contributed by atoms with Crippen molar-refractivity contribution in [1.29, 1.82) is 0 Å². The number of piperidine rings is 1. The Hall–Kier alpha value is -1.01. The molecule has 0 amide bonds. The van der Waals surface area contributed by atoms with Gasteiger partial charge in [-0.25, -0.2) is 0 Å². The molecule has 3 nitrogen and oxygen atoms in total. The molecule has 1 aliphatic heterocycles. The zero-order valence-electron chi connectivity index (χ0n) is 11.1. The van der Waals surface area contributed by atoms with Crippen molar-refractivity contribution >= 4 is 22.8 Å². The van der Waals surface area contributed by atoms with Gasteiger partial charge in [-0.15, -0.1) is 17.0 Å². The predicted octanol–water partition coefficient (Wildman–Crippen LogP) is 3.53. The highest BCUT2D eigenvalue weighted by Gasteiger charge is 2.15. The molecule has 1 saturated heterocycles. The van der Waals surface area contributed by atoms with Crippen LogP contribution in [0.2, 0.25) is 0 Å². The first-order valence-electron chi connectivity index (χ1n) is 6.45. The molecule has 6 heteroatoms. The summed E-state index contributed by atoms with van der Waals surface area (Å²) in [6.07, 6.45) is 3.49. The molecule has 0 aliphatic carbocycles. The van der Waals surface area contributed by atoms with Gasteiger partial charge in [0.25, 0.3) is 0 Å². The van der Waals surface area contributed by atoms with Crippen LogP contribution in [0.5, 0.6) is 5.75 Å². The summed E-state index contributed by atoms with van der Waals surface area (Å²) in [6, 6.07) is 5.86. The second-order valence-corrected chi connectivity index (χ2v) is 4.66. The molecule has 1 aliphatic rings. The molecule has 0 N–H and O–H groups in total. The lowest BCUT2D eigenvalue weighted by atomic mass is 10.1. The number of hydrogen-bond acceptors (Lipinski definition) is 3. The van der Waals surface area contributed by atoms with Gasteiger partial charge in [-0.3, -0.25) is 9.69 Å². The van der Waals surface area contributed by atoms with Gasteiger partial charge in [0.1, 0.15) is 5.75 Å². The van der Waals surface area contributed by atoms with Crippen molar-refractivity contribution in [1.82, 2.24) is 4.90 Å². The first-order chi connectivity index (χ1) is 9.15. The van der Waals surface area contributed by atoms with Gasteiger partial charge < -0.3 is 4.74 Å². The normalized spacial score (nSPS) is 15.8. The quantitative estimate of drug-likeness (QED) is 0.761. The number of alkyl halides is 2. The molecular formula is C14H18BrF2NO2. The van der Waals surface area contributed by atoms with Crippen molar-refractivity contribution in [3.63, 3.8) is 0 Å². The lowest BCUT2D eigenvalue weighted by Gasteiger charge is -2.25. The SMILES string of the molecule is Br.O=C(CN1CCCCC1)c1ccc(OC(F)F)cc1. The number of halogens is 3. The molecule has 0 unspecified atom stereocenters. The Morgan fingerprint density at radius 1 is 1.15 bits per heavy atom. The van der Waals surface area contributed by atoms with E-state index < -0.39 is 6.61 Å². The molecule has 1 aromatic carbocycles. The van der Waals surface area contributed by atoms with E-state index in [2.05, 4.69) is 9.64 Å². The van der Waals surface area contributed by atoms with Crippen molar-refractivity contribution in [2.24, 2.45) is 0 Å². The lowest BCUT2D eigenvalue weighted by Crippen LogP contribution is -2.34. The largest absolute Gasteiger partial charge is 0.435 e. The van der Waals surface area contributed by atoms with Crippen LogP contribution >= 0.6 is 17.0 Å². The number of benzene rings is 1. The fourth-order valence-corrected chi connectivity index (χ4v) is 2.23. The zero-order chi connectivity index (χ0) is 13.7. The maximum atomic E-state index is 12.0. The van der Waals surface area contributed by atoms with Gasteiger partial charge >= 0.3 is 6.61 Å². The van der Waals surface area contributed by atoms with Crippen molar-refractivity contribution in [2.75, 3.05) is 19.6 Å². The van der Waals surface area contributed by atoms with E-state index in [9.17, 15) is 13.6 Å². The van der Waals surface area contributed by atoms with Crippen molar-refractivity contribution in [3.8, 4) is 5.75 Å². The fourth-order valence-electron chi connectivity index (χ4n) is 2.23. The molecule has 0 aromatic heterocycles. The fraction of sp³-hybridized carbons (Fsp3) is 0.500. The van der Waals surface area contributed by atoms with Crippen molar-refractivity contribution in [2.45, 2.75) is 25.9 Å². The molecule has 0 spiro atoms. The molecule has 0 bridgehead atoms. The van der Waals surface area contributed by atoms with Gasteiger partial charge in [0.15, 0.2) is 5.78 Å². The van der Waals surface area contributed by atoms with E-state index in [1.54, 1.807) is 0 Å². The highest BCUT2D eigenvalue weighted by Crippen LogP contribution is 2.16. The van der Waals surface area contributed by atoms with Gasteiger partial charge in [-0.2, -0.15) is 8.78 Å². The van der Waals surface area contributed by atoms with E-state index in [0.29, 0.717) is 12.1 Å². The number of ketones is 1. The van der Waals surface area contributed by atoms with E-state index in [1.807, 2.05) is 0 Å². The van der Waals surface area contributed by atoms with Crippen LogP contribution in [0.4, 0.5) is 8.78 Å². The third-order valence-corrected chi connectivity index (χ3v) is 3.22. The minimum absolute atomic E-state index is 0. The Morgan fingerprint density at radius 3 is 2.30 bits per heavy atom. The van der Waals surface area contributed by atoms with Crippen LogP contribution in [0.3, 0.4) is 0 Å². The van der Waals surface area contributed by atoms with Crippen LogP contribution in [0.1, 0.15) is 29.6 Å². The highest BCUT2D eigenvalue weighted by molar-refractivity contribution is 8.93. The average molecular weight is 350 g/mol. The molecule has 0 atom stereocenters. The van der Waals surface area contributed by atoms with E-state index in [0.717, 1.165) is 25.9 Å². The number of ether oxygens (including phenoxy) is 1. The first kappa shape index (κ1) is 17.0. The first-order valence-corrected chi connectivity index (χ1v) is 6.45. The maximum absolute atomic E-state index is 12.0.